The van der Waals surface area contributed by atoms with Crippen LogP contribution in [0, 0.1) is 0 Å². The number of nitrogens with zero attached hydrogens (tertiary/aromatic N) is 1. The predicted molar refractivity (Wildman–Crippen MR) is 60.4 cm³/mol. The Bertz CT molecular complexity index is 314. The molecule has 0 saturated carbocycles. The molecule has 0 radical (unpaired) electrons. The molecule has 18 heavy (non-hydrogen) atoms. The quantitative estimate of drug-likeness (QED) is 0.429. The van der Waals surface area contributed by atoms with Crippen LogP contribution in [0.3, 0.4) is 0 Å². The Balaban J connectivity index is 3.01. The maximum Gasteiger partial charge on any atom is 0.345 e. The normalized spacial score (nSPS) is 32.8. The molecule has 2 N–H and O–H groups in total. The molecule has 10 heteroatoms. The molecular weight excluding hydrogens is 284 g/mol. The molecule has 0 aliphatic carbocycles. The molecule has 0 aromatic rings. The highest BCUT2D eigenvalue weighted by atomic mass is 31.3. The molecule has 1 aliphatic heterocycles. The van der Waals surface area contributed by atoms with Crippen molar-refractivity contribution in [1.29, 1.82) is 0 Å². The molecule has 0 spiro atoms. The van der Waals surface area contributed by atoms with Crippen LogP contribution in [0.4, 0.5) is 0 Å². The van der Waals surface area contributed by atoms with Gasteiger partial charge in [0, 0.05) is 7.11 Å². The number of quaternary nitrogens is 1. The summed E-state index contributed by atoms with van der Waals surface area (Å²) in [5.74, 6) is 0. The summed E-state index contributed by atoms with van der Waals surface area (Å²) in [5, 5.41) is -2.56. The molecule has 2 unspecified atom stereocenters. The standard InChI is InChI=1S/C8H19NO7P2/c1-9(2,3)6-7-5-8(15-4,17(10,11)12)18(13,14)16-7/h7H,5-6H2,1-4H3,(H2-,10,11,12,13,14). The zero-order chi connectivity index (χ0) is 14.4. The Hall–Kier alpha value is 0.540. The van der Waals surface area contributed by atoms with Crippen molar-refractivity contribution in [2.75, 3.05) is 34.8 Å². The third kappa shape index (κ3) is 2.99. The lowest BCUT2D eigenvalue weighted by Gasteiger charge is -2.43. The predicted octanol–water partition coefficient (Wildman–Crippen LogP) is -2.63. The molecule has 1 rings (SSSR count). The Morgan fingerprint density at radius 3 is 2.22 bits per heavy atom. The summed E-state index contributed by atoms with van der Waals surface area (Å²) in [7, 11) is -3.36. The summed E-state index contributed by atoms with van der Waals surface area (Å²) in [6.45, 7) is 0.303. The number of hydrogen-bond acceptors (Lipinski definition) is 7. The van der Waals surface area contributed by atoms with E-state index in [4.69, 9.17) is 4.52 Å². The number of likely N-dealkylation sites (N-methyl/N-ethyl adjacent to an activating group) is 1. The van der Waals surface area contributed by atoms with Crippen molar-refractivity contribution in [3.63, 3.8) is 0 Å². The second-order valence-electron chi connectivity index (χ2n) is 5.39. The summed E-state index contributed by atoms with van der Waals surface area (Å²) in [6.07, 6.45) is -1.18. The lowest BCUT2D eigenvalue weighted by molar-refractivity contribution is -0.873. The van der Waals surface area contributed by atoms with Gasteiger partial charge in [-0.3, -0.25) is 0 Å². The van der Waals surface area contributed by atoms with Crippen LogP contribution in [0.5, 0.6) is 0 Å². The minimum absolute atomic E-state index is 0.303. The van der Waals surface area contributed by atoms with E-state index in [1.807, 2.05) is 21.1 Å². The van der Waals surface area contributed by atoms with E-state index >= 15 is 0 Å². The summed E-state index contributed by atoms with van der Waals surface area (Å²) < 4.78 is 9.89. The first-order chi connectivity index (χ1) is 7.85. The van der Waals surface area contributed by atoms with Crippen LogP contribution in [-0.2, 0) is 9.26 Å². The molecule has 108 valence electrons. The SMILES string of the molecule is COC1([P+]([O-])(O)O)CC(C[N+](C)(C)C)O[P+]1([O-])[O-]. The molecule has 0 aromatic heterocycles. The van der Waals surface area contributed by atoms with Gasteiger partial charge in [-0.05, 0) is 0 Å². The monoisotopic (exact) mass is 303 g/mol. The lowest BCUT2D eigenvalue weighted by Crippen LogP contribution is -2.47. The van der Waals surface area contributed by atoms with Crippen LogP contribution in [0.15, 0.2) is 0 Å². The van der Waals surface area contributed by atoms with Crippen LogP contribution in [0.1, 0.15) is 6.42 Å². The Morgan fingerprint density at radius 1 is 1.44 bits per heavy atom. The highest BCUT2D eigenvalue weighted by Gasteiger charge is 2.71. The van der Waals surface area contributed by atoms with Gasteiger partial charge in [0.05, 0.1) is 27.6 Å². The van der Waals surface area contributed by atoms with Gasteiger partial charge in [-0.15, -0.1) is 0 Å². The average molecular weight is 303 g/mol. The van der Waals surface area contributed by atoms with Crippen LogP contribution >= 0.6 is 15.9 Å². The summed E-state index contributed by atoms with van der Waals surface area (Å²) in [5.41, 5.74) is 0. The van der Waals surface area contributed by atoms with Gasteiger partial charge in [0.25, 0.3) is 0 Å². The molecule has 1 saturated heterocycles. The molecule has 0 bridgehead atoms. The summed E-state index contributed by atoms with van der Waals surface area (Å²) in [6, 6.07) is 0. The van der Waals surface area contributed by atoms with Crippen LogP contribution in [0.2, 0.25) is 0 Å². The second-order valence-corrected chi connectivity index (χ2v) is 9.48. The lowest BCUT2D eigenvalue weighted by atomic mass is 10.2. The highest BCUT2D eigenvalue weighted by Crippen LogP contribution is 2.79. The fourth-order valence-corrected chi connectivity index (χ4v) is 5.47. The Kier molecular flexibility index (Phi) is 4.45. The van der Waals surface area contributed by atoms with Crippen LogP contribution in [0.25, 0.3) is 0 Å². The molecule has 1 heterocycles. The first-order valence-electron chi connectivity index (χ1n) is 5.25. The van der Waals surface area contributed by atoms with Gasteiger partial charge >= 0.3 is 13.0 Å². The maximum absolute atomic E-state index is 11.8. The average Bonchev–Trinajstić information content (AvgIpc) is 2.32. The van der Waals surface area contributed by atoms with Crippen molar-refractivity contribution >= 4 is 15.9 Å². The smallest absolute Gasteiger partial charge is 0.345 e. The van der Waals surface area contributed by atoms with E-state index in [1.165, 1.54) is 0 Å². The second kappa shape index (κ2) is 4.82. The number of ether oxygens (including phenoxy) is 1. The van der Waals surface area contributed by atoms with Crippen LogP contribution in [-0.4, -0.2) is 60.3 Å². The van der Waals surface area contributed by atoms with Crippen LogP contribution < -0.4 is 14.7 Å². The topological polar surface area (TPSA) is 128 Å². The fourth-order valence-electron chi connectivity index (χ4n) is 2.03. The Morgan fingerprint density at radius 2 is 1.94 bits per heavy atom. The van der Waals surface area contributed by atoms with Gasteiger partial charge in [0.1, 0.15) is 14.5 Å². The molecule has 0 aromatic carbocycles. The van der Waals surface area contributed by atoms with Gasteiger partial charge in [-0.2, -0.15) is 0 Å². The molecule has 0 amide bonds. The van der Waals surface area contributed by atoms with E-state index in [9.17, 15) is 24.5 Å². The van der Waals surface area contributed by atoms with Crippen molar-refractivity contribution in [3.8, 4) is 0 Å². The third-order valence-electron chi connectivity index (χ3n) is 2.74. The van der Waals surface area contributed by atoms with E-state index in [-0.39, 0.29) is 6.42 Å². The highest BCUT2D eigenvalue weighted by molar-refractivity contribution is 7.77. The summed E-state index contributed by atoms with van der Waals surface area (Å²) >= 11 is 0. The van der Waals surface area contributed by atoms with E-state index < -0.39 is 27.1 Å². The zero-order valence-electron chi connectivity index (χ0n) is 10.8. The fraction of sp³-hybridized carbons (Fsp3) is 1.00. The van der Waals surface area contributed by atoms with Gasteiger partial charge in [-0.1, -0.05) is 0 Å². The minimum atomic E-state index is -5.00. The van der Waals surface area contributed by atoms with Crippen molar-refractivity contribution in [1.82, 2.24) is 0 Å². The zero-order valence-corrected chi connectivity index (χ0v) is 12.6. The molecule has 1 fully saturated rings. The first-order valence-corrected chi connectivity index (χ1v) is 8.41. The largest absolute Gasteiger partial charge is 0.654 e. The number of hydrogen-bond donors (Lipinski definition) is 2. The van der Waals surface area contributed by atoms with E-state index in [2.05, 4.69) is 4.74 Å². The van der Waals surface area contributed by atoms with Crippen molar-refractivity contribution in [2.24, 2.45) is 0 Å². The molecular formula is C8H19NO7P2. The van der Waals surface area contributed by atoms with E-state index in [0.29, 0.717) is 11.0 Å². The molecule has 1 aliphatic rings. The maximum atomic E-state index is 11.8. The van der Waals surface area contributed by atoms with Gasteiger partial charge < -0.3 is 23.9 Å². The molecule has 2 atom stereocenters. The van der Waals surface area contributed by atoms with E-state index in [0.717, 1.165) is 7.11 Å². The third-order valence-corrected chi connectivity index (χ3v) is 7.33. The number of methoxy groups -OCH3 is 1. The van der Waals surface area contributed by atoms with Gasteiger partial charge in [0.15, 0.2) is 6.10 Å². The Labute approximate surface area is 107 Å². The van der Waals surface area contributed by atoms with Crippen molar-refractivity contribution in [3.05, 3.63) is 0 Å². The van der Waals surface area contributed by atoms with Crippen molar-refractivity contribution in [2.45, 2.75) is 17.6 Å². The van der Waals surface area contributed by atoms with Crippen molar-refractivity contribution < 1.29 is 38.2 Å². The van der Waals surface area contributed by atoms with Gasteiger partial charge in [-0.25, -0.2) is 14.3 Å². The minimum Gasteiger partial charge on any atom is -0.654 e. The molecule has 8 nitrogen and oxygen atoms in total. The van der Waals surface area contributed by atoms with Gasteiger partial charge in [0.2, 0.25) is 0 Å². The number of rotatable bonds is 4. The first kappa shape index (κ1) is 16.6. The summed E-state index contributed by atoms with van der Waals surface area (Å²) in [4.78, 5) is 53.6. The van der Waals surface area contributed by atoms with E-state index in [1.54, 1.807) is 0 Å².